The first kappa shape index (κ1) is 18.0. The first-order valence-corrected chi connectivity index (χ1v) is 8.64. The van der Waals surface area contributed by atoms with E-state index in [1.807, 2.05) is 6.20 Å². The molecule has 0 bridgehead atoms. The summed E-state index contributed by atoms with van der Waals surface area (Å²) in [6, 6.07) is 4.59. The molecule has 7 heteroatoms. The molecule has 0 unspecified atom stereocenters. The molecule has 1 N–H and O–H groups in total. The number of hydrogen-bond acceptors (Lipinski definition) is 4. The van der Waals surface area contributed by atoms with E-state index in [-0.39, 0.29) is 11.7 Å². The average Bonchev–Trinajstić information content (AvgIpc) is 3.06. The minimum atomic E-state index is -0.368. The third-order valence-electron chi connectivity index (χ3n) is 4.38. The summed E-state index contributed by atoms with van der Waals surface area (Å²) in [7, 11) is 0. The highest BCUT2D eigenvalue weighted by Crippen LogP contribution is 2.16. The van der Waals surface area contributed by atoms with Gasteiger partial charge in [-0.05, 0) is 37.7 Å². The van der Waals surface area contributed by atoms with Gasteiger partial charge in [-0.25, -0.2) is 13.9 Å². The van der Waals surface area contributed by atoms with Crippen LogP contribution in [0.5, 0.6) is 0 Å². The van der Waals surface area contributed by atoms with Gasteiger partial charge < -0.3 is 5.32 Å². The molecular weight excluding hydrogens is 333 g/mol. The molecule has 0 saturated carbocycles. The van der Waals surface area contributed by atoms with E-state index in [0.29, 0.717) is 22.5 Å². The number of carbonyl (C=O) groups excluding carboxylic acids is 1. The molecule has 1 aromatic carbocycles. The van der Waals surface area contributed by atoms with Gasteiger partial charge in [-0.3, -0.25) is 9.69 Å². The Bertz CT molecular complexity index is 933. The molecule has 0 spiro atoms. The monoisotopic (exact) mass is 355 g/mol. The van der Waals surface area contributed by atoms with Crippen molar-refractivity contribution >= 4 is 17.2 Å². The molecule has 3 aromatic rings. The molecule has 0 aliphatic heterocycles. The lowest BCUT2D eigenvalue weighted by molar-refractivity contribution is 0.102. The Morgan fingerprint density at radius 3 is 2.73 bits per heavy atom. The summed E-state index contributed by atoms with van der Waals surface area (Å²) in [5, 5.41) is 6.92. The third kappa shape index (κ3) is 3.72. The molecule has 0 radical (unpaired) electrons. The second-order valence-corrected chi connectivity index (χ2v) is 6.17. The van der Waals surface area contributed by atoms with Crippen molar-refractivity contribution in [1.82, 2.24) is 19.5 Å². The van der Waals surface area contributed by atoms with Crippen LogP contribution in [0.1, 0.15) is 35.3 Å². The lowest BCUT2D eigenvalue weighted by Gasteiger charge is -2.17. The predicted molar refractivity (Wildman–Crippen MR) is 98.7 cm³/mol. The van der Waals surface area contributed by atoms with E-state index in [1.165, 1.54) is 12.3 Å². The molecule has 0 saturated heterocycles. The number of anilines is 1. The van der Waals surface area contributed by atoms with E-state index in [1.54, 1.807) is 29.8 Å². The number of carbonyl (C=O) groups is 1. The van der Waals surface area contributed by atoms with Gasteiger partial charge in [0.15, 0.2) is 5.65 Å². The summed E-state index contributed by atoms with van der Waals surface area (Å²) in [4.78, 5) is 19.2. The van der Waals surface area contributed by atoms with Crippen molar-refractivity contribution < 1.29 is 9.18 Å². The summed E-state index contributed by atoms with van der Waals surface area (Å²) in [5.74, 6) is -0.728. The summed E-state index contributed by atoms with van der Waals surface area (Å²) in [6.45, 7) is 8.58. The Labute approximate surface area is 151 Å². The standard InChI is InChI=1S/C19H22FN5O/c1-4-24(5-2)11-14-9-21-18-16(10-22-25(18)12-14)19(26)23-15-7-6-13(3)17(20)8-15/h6-10,12H,4-5,11H2,1-3H3,(H,23,26). The van der Waals surface area contributed by atoms with Crippen molar-refractivity contribution in [3.63, 3.8) is 0 Å². The minimum absolute atomic E-state index is 0.348. The maximum absolute atomic E-state index is 13.6. The number of halogens is 1. The number of hydrogen-bond donors (Lipinski definition) is 1. The Morgan fingerprint density at radius 1 is 1.27 bits per heavy atom. The Balaban J connectivity index is 1.81. The molecule has 1 amide bonds. The van der Waals surface area contributed by atoms with Crippen molar-refractivity contribution in [3.05, 3.63) is 59.3 Å². The number of amides is 1. The van der Waals surface area contributed by atoms with Gasteiger partial charge >= 0.3 is 0 Å². The zero-order chi connectivity index (χ0) is 18.7. The normalized spacial score (nSPS) is 11.3. The van der Waals surface area contributed by atoms with Gasteiger partial charge in [0, 0.05) is 30.2 Å². The van der Waals surface area contributed by atoms with Crippen molar-refractivity contribution in [3.8, 4) is 0 Å². The molecular formula is C19H22FN5O. The predicted octanol–water partition coefficient (Wildman–Crippen LogP) is 3.27. The maximum atomic E-state index is 13.6. The maximum Gasteiger partial charge on any atom is 0.261 e. The Kier molecular flexibility index (Phi) is 5.27. The van der Waals surface area contributed by atoms with Crippen LogP contribution in [0.25, 0.3) is 5.65 Å². The number of rotatable bonds is 6. The van der Waals surface area contributed by atoms with Crippen molar-refractivity contribution in [2.75, 3.05) is 18.4 Å². The quantitative estimate of drug-likeness (QED) is 0.737. The van der Waals surface area contributed by atoms with Crippen LogP contribution in [0.3, 0.4) is 0 Å². The van der Waals surface area contributed by atoms with Crippen molar-refractivity contribution in [2.24, 2.45) is 0 Å². The zero-order valence-corrected chi connectivity index (χ0v) is 15.2. The summed E-state index contributed by atoms with van der Waals surface area (Å²) < 4.78 is 15.2. The average molecular weight is 355 g/mol. The van der Waals surface area contributed by atoms with E-state index in [0.717, 1.165) is 25.2 Å². The molecule has 0 aliphatic rings. The third-order valence-corrected chi connectivity index (χ3v) is 4.38. The second kappa shape index (κ2) is 7.61. The largest absolute Gasteiger partial charge is 0.322 e. The van der Waals surface area contributed by atoms with Crippen LogP contribution >= 0.6 is 0 Å². The van der Waals surface area contributed by atoms with Crippen molar-refractivity contribution in [1.29, 1.82) is 0 Å². The van der Waals surface area contributed by atoms with Gasteiger partial charge in [-0.1, -0.05) is 19.9 Å². The van der Waals surface area contributed by atoms with Gasteiger partial charge in [0.2, 0.25) is 0 Å². The molecule has 0 aliphatic carbocycles. The molecule has 0 fully saturated rings. The molecule has 3 rings (SSSR count). The van der Waals surface area contributed by atoms with E-state index in [4.69, 9.17) is 0 Å². The molecule has 136 valence electrons. The number of aryl methyl sites for hydroxylation is 1. The highest BCUT2D eigenvalue weighted by atomic mass is 19.1. The lowest BCUT2D eigenvalue weighted by Crippen LogP contribution is -2.22. The number of nitrogens with zero attached hydrogens (tertiary/aromatic N) is 4. The lowest BCUT2D eigenvalue weighted by atomic mass is 10.2. The first-order valence-electron chi connectivity index (χ1n) is 8.64. The molecule has 0 atom stereocenters. The summed E-state index contributed by atoms with van der Waals surface area (Å²) in [5.41, 5.74) is 2.77. The van der Waals surface area contributed by atoms with Crippen LogP contribution in [0.15, 0.2) is 36.8 Å². The first-order chi connectivity index (χ1) is 12.5. The number of benzene rings is 1. The van der Waals surface area contributed by atoms with Crippen molar-refractivity contribution in [2.45, 2.75) is 27.3 Å². The van der Waals surface area contributed by atoms with Crippen LogP contribution in [-0.2, 0) is 6.54 Å². The van der Waals surface area contributed by atoms with Gasteiger partial charge in [0.25, 0.3) is 5.91 Å². The fourth-order valence-electron chi connectivity index (χ4n) is 2.73. The Hall–Kier alpha value is -2.80. The molecule has 6 nitrogen and oxygen atoms in total. The fraction of sp³-hybridized carbons (Fsp3) is 0.316. The van der Waals surface area contributed by atoms with Crippen LogP contribution in [0.2, 0.25) is 0 Å². The highest BCUT2D eigenvalue weighted by Gasteiger charge is 2.15. The van der Waals surface area contributed by atoms with Gasteiger partial charge in [-0.15, -0.1) is 0 Å². The van der Waals surface area contributed by atoms with Crippen LogP contribution < -0.4 is 5.32 Å². The van der Waals surface area contributed by atoms with Gasteiger partial charge in [-0.2, -0.15) is 5.10 Å². The van der Waals surface area contributed by atoms with E-state index in [2.05, 4.69) is 34.1 Å². The van der Waals surface area contributed by atoms with Crippen LogP contribution in [-0.4, -0.2) is 38.5 Å². The number of nitrogens with one attached hydrogen (secondary N) is 1. The smallest absolute Gasteiger partial charge is 0.261 e. The summed E-state index contributed by atoms with van der Waals surface area (Å²) >= 11 is 0. The van der Waals surface area contributed by atoms with E-state index >= 15 is 0 Å². The van der Waals surface area contributed by atoms with E-state index in [9.17, 15) is 9.18 Å². The van der Waals surface area contributed by atoms with Crippen LogP contribution in [0, 0.1) is 12.7 Å². The van der Waals surface area contributed by atoms with Crippen LogP contribution in [0.4, 0.5) is 10.1 Å². The molecule has 2 aromatic heterocycles. The zero-order valence-electron chi connectivity index (χ0n) is 15.2. The van der Waals surface area contributed by atoms with E-state index < -0.39 is 0 Å². The van der Waals surface area contributed by atoms with Gasteiger partial charge in [0.05, 0.1) is 6.20 Å². The second-order valence-electron chi connectivity index (χ2n) is 6.17. The topological polar surface area (TPSA) is 62.5 Å². The van der Waals surface area contributed by atoms with Gasteiger partial charge in [0.1, 0.15) is 11.4 Å². The number of fused-ring (bicyclic) bond motifs is 1. The molecule has 26 heavy (non-hydrogen) atoms. The Morgan fingerprint density at radius 2 is 2.04 bits per heavy atom. The summed E-state index contributed by atoms with van der Waals surface area (Å²) in [6.07, 6.45) is 5.12. The highest BCUT2D eigenvalue weighted by molar-refractivity contribution is 6.08. The minimum Gasteiger partial charge on any atom is -0.322 e. The fourth-order valence-corrected chi connectivity index (χ4v) is 2.73. The number of aromatic nitrogens is 3. The molecule has 2 heterocycles. The SMILES string of the molecule is CCN(CC)Cc1cnc2c(C(=O)Nc3ccc(C)c(F)c3)cnn2c1.